The minimum Gasteiger partial charge on any atom is -0.462 e. The van der Waals surface area contributed by atoms with Crippen molar-refractivity contribution in [3.05, 3.63) is 11.6 Å². The highest BCUT2D eigenvalue weighted by Gasteiger charge is 2.63. The van der Waals surface area contributed by atoms with Crippen molar-refractivity contribution in [2.24, 2.45) is 28.6 Å². The molecule has 0 aromatic carbocycles. The van der Waals surface area contributed by atoms with Gasteiger partial charge in [0.05, 0.1) is 0 Å². The van der Waals surface area contributed by atoms with Gasteiger partial charge in [-0.2, -0.15) is 0 Å². The Kier molecular flexibility index (Phi) is 4.71. The fourth-order valence-corrected chi connectivity index (χ4v) is 7.18. The number of hydrogen-bond acceptors (Lipinski definition) is 5. The van der Waals surface area contributed by atoms with Gasteiger partial charge in [-0.25, -0.2) is 0 Å². The van der Waals surface area contributed by atoms with Gasteiger partial charge in [0.25, 0.3) is 0 Å². The van der Waals surface area contributed by atoms with Crippen LogP contribution < -0.4 is 0 Å². The zero-order valence-corrected chi connectivity index (χ0v) is 17.5. The molecule has 28 heavy (non-hydrogen) atoms. The topological polar surface area (TPSA) is 69.7 Å². The summed E-state index contributed by atoms with van der Waals surface area (Å²) in [5.74, 6) is 0.683. The third-order valence-corrected chi connectivity index (χ3v) is 8.30. The Balaban J connectivity index is 1.62. The van der Waals surface area contributed by atoms with Crippen LogP contribution >= 0.6 is 0 Å². The van der Waals surface area contributed by atoms with Gasteiger partial charge >= 0.3 is 11.9 Å². The van der Waals surface area contributed by atoms with Crippen LogP contribution in [0.15, 0.2) is 11.6 Å². The molecule has 3 fully saturated rings. The Labute approximate surface area is 167 Å². The highest BCUT2D eigenvalue weighted by molar-refractivity contribution is 5.85. The first-order valence-electron chi connectivity index (χ1n) is 10.7. The Morgan fingerprint density at radius 2 is 1.75 bits per heavy atom. The summed E-state index contributed by atoms with van der Waals surface area (Å²) in [6.07, 6.45) is 7.88. The maximum Gasteiger partial charge on any atom is 0.303 e. The number of hydrogen-bond donors (Lipinski definition) is 0. The van der Waals surface area contributed by atoms with Gasteiger partial charge in [0.15, 0.2) is 0 Å². The lowest BCUT2D eigenvalue weighted by Gasteiger charge is -2.57. The van der Waals surface area contributed by atoms with E-state index in [2.05, 4.69) is 19.9 Å². The van der Waals surface area contributed by atoms with E-state index in [9.17, 15) is 14.4 Å². The Morgan fingerprint density at radius 3 is 2.43 bits per heavy atom. The van der Waals surface area contributed by atoms with E-state index in [1.807, 2.05) is 0 Å². The van der Waals surface area contributed by atoms with Gasteiger partial charge in [-0.05, 0) is 61.9 Å². The molecule has 3 saturated carbocycles. The molecule has 0 spiro atoms. The number of Topliss-reactive ketones (excluding diaryl/α,β-unsaturated/α-hetero) is 1. The van der Waals surface area contributed by atoms with Crippen LogP contribution in [0.1, 0.15) is 72.6 Å². The van der Waals surface area contributed by atoms with E-state index >= 15 is 0 Å². The van der Waals surface area contributed by atoms with Crippen LogP contribution in [0.3, 0.4) is 0 Å². The molecule has 4 aliphatic carbocycles. The molecule has 0 saturated heterocycles. The van der Waals surface area contributed by atoms with Gasteiger partial charge in [-0.1, -0.05) is 19.4 Å². The molecule has 0 bridgehead atoms. The van der Waals surface area contributed by atoms with Crippen molar-refractivity contribution in [2.75, 3.05) is 0 Å². The molecule has 5 nitrogen and oxygen atoms in total. The first-order chi connectivity index (χ1) is 13.1. The second-order valence-electron chi connectivity index (χ2n) is 9.91. The Bertz CT molecular complexity index is 739. The van der Waals surface area contributed by atoms with Crippen molar-refractivity contribution in [2.45, 2.75) is 84.8 Å². The molecule has 0 aromatic heterocycles. The lowest BCUT2D eigenvalue weighted by atomic mass is 9.47. The summed E-state index contributed by atoms with van der Waals surface area (Å²) in [5, 5.41) is 0. The Hall–Kier alpha value is -1.65. The molecule has 0 amide bonds. The quantitative estimate of drug-likeness (QED) is 0.528. The van der Waals surface area contributed by atoms with E-state index in [0.29, 0.717) is 24.0 Å². The number of carbonyl (C=O) groups excluding carboxylic acids is 3. The van der Waals surface area contributed by atoms with Crippen LogP contribution in [0.2, 0.25) is 0 Å². The van der Waals surface area contributed by atoms with Crippen LogP contribution in [-0.2, 0) is 23.9 Å². The van der Waals surface area contributed by atoms with Crippen molar-refractivity contribution in [1.82, 2.24) is 0 Å². The van der Waals surface area contributed by atoms with Gasteiger partial charge in [-0.15, -0.1) is 0 Å². The number of esters is 2. The summed E-state index contributed by atoms with van der Waals surface area (Å²) < 4.78 is 11.1. The van der Waals surface area contributed by atoms with Crippen molar-refractivity contribution in [3.63, 3.8) is 0 Å². The molecule has 4 aliphatic rings. The second kappa shape index (κ2) is 6.70. The van der Waals surface area contributed by atoms with E-state index in [0.717, 1.165) is 38.5 Å². The minimum absolute atomic E-state index is 0.0416. The molecule has 4 rings (SSSR count). The first kappa shape index (κ1) is 19.7. The molecule has 0 aromatic rings. The van der Waals surface area contributed by atoms with Crippen LogP contribution in [0.5, 0.6) is 0 Å². The fourth-order valence-electron chi connectivity index (χ4n) is 7.18. The van der Waals surface area contributed by atoms with E-state index < -0.39 is 0 Å². The van der Waals surface area contributed by atoms with Gasteiger partial charge < -0.3 is 9.47 Å². The SMILES string of the molecule is CC(=O)O[C@@H]1C=C2CC[C@H]3[C@@H]4CC[C@H](OC(C)=O)[C@@]4(C)CC(=O)[C@@H]3[C@@]2(C)CC1. The lowest BCUT2D eigenvalue weighted by Crippen LogP contribution is -2.56. The van der Waals surface area contributed by atoms with Crippen molar-refractivity contribution in [3.8, 4) is 0 Å². The monoisotopic (exact) mass is 388 g/mol. The highest BCUT2D eigenvalue weighted by atomic mass is 16.5. The molecule has 0 radical (unpaired) electrons. The number of ether oxygens (including phenoxy) is 2. The van der Waals surface area contributed by atoms with E-state index in [1.165, 1.54) is 19.4 Å². The van der Waals surface area contributed by atoms with E-state index in [1.54, 1.807) is 0 Å². The minimum atomic E-state index is -0.244. The third-order valence-electron chi connectivity index (χ3n) is 8.30. The number of allylic oxidation sites excluding steroid dienone is 1. The predicted octanol–water partition coefficient (Wildman–Crippen LogP) is 3.99. The number of fused-ring (bicyclic) bond motifs is 5. The average Bonchev–Trinajstić information content (AvgIpc) is 2.90. The zero-order chi connectivity index (χ0) is 20.3. The highest BCUT2D eigenvalue weighted by Crippen LogP contribution is 2.64. The maximum absolute atomic E-state index is 13.5. The molecule has 7 atom stereocenters. The maximum atomic E-state index is 13.5. The predicted molar refractivity (Wildman–Crippen MR) is 103 cm³/mol. The van der Waals surface area contributed by atoms with Gasteiger partial charge in [0, 0.05) is 31.6 Å². The Morgan fingerprint density at radius 1 is 1.04 bits per heavy atom. The van der Waals surface area contributed by atoms with Crippen molar-refractivity contribution in [1.29, 1.82) is 0 Å². The molecule has 154 valence electrons. The van der Waals surface area contributed by atoms with Crippen molar-refractivity contribution < 1.29 is 23.9 Å². The fraction of sp³-hybridized carbons (Fsp3) is 0.783. The summed E-state index contributed by atoms with van der Waals surface area (Å²) >= 11 is 0. The molecule has 0 heterocycles. The summed E-state index contributed by atoms with van der Waals surface area (Å²) in [5.41, 5.74) is 0.950. The zero-order valence-electron chi connectivity index (χ0n) is 17.5. The molecule has 0 unspecified atom stereocenters. The summed E-state index contributed by atoms with van der Waals surface area (Å²) in [6.45, 7) is 7.33. The third kappa shape index (κ3) is 2.93. The van der Waals surface area contributed by atoms with Crippen LogP contribution in [0.4, 0.5) is 0 Å². The summed E-state index contributed by atoms with van der Waals surface area (Å²) in [7, 11) is 0. The van der Waals surface area contributed by atoms with Gasteiger partial charge in [0.2, 0.25) is 0 Å². The standard InChI is InChI=1S/C23H32O5/c1-13(24)27-16-9-10-22(3)15(11-16)5-6-17-18-7-8-20(28-14(2)25)23(18,4)12-19(26)21(17)22/h11,16-18,20-21H,5-10,12H2,1-4H3/t16-,17-,18-,20-,21+,22-,23-/m0/s1. The first-order valence-corrected chi connectivity index (χ1v) is 10.7. The molecule has 0 N–H and O–H groups in total. The number of ketones is 1. The van der Waals surface area contributed by atoms with Crippen molar-refractivity contribution >= 4 is 17.7 Å². The summed E-state index contributed by atoms with van der Waals surface area (Å²) in [6, 6.07) is 0. The lowest BCUT2D eigenvalue weighted by molar-refractivity contribution is -0.163. The summed E-state index contributed by atoms with van der Waals surface area (Å²) in [4.78, 5) is 36.4. The van der Waals surface area contributed by atoms with E-state index in [4.69, 9.17) is 9.47 Å². The van der Waals surface area contributed by atoms with Crippen LogP contribution in [-0.4, -0.2) is 29.9 Å². The van der Waals surface area contributed by atoms with E-state index in [-0.39, 0.29) is 40.9 Å². The van der Waals surface area contributed by atoms with Gasteiger partial charge in [-0.3, -0.25) is 14.4 Å². The largest absolute Gasteiger partial charge is 0.462 e. The number of carbonyl (C=O) groups is 3. The normalized spacial score (nSPS) is 44.6. The smallest absolute Gasteiger partial charge is 0.303 e. The molecular formula is C23H32O5. The molecular weight excluding hydrogens is 356 g/mol. The average molecular weight is 389 g/mol. The van der Waals surface area contributed by atoms with Gasteiger partial charge in [0.1, 0.15) is 18.0 Å². The van der Waals surface area contributed by atoms with Crippen LogP contribution in [0, 0.1) is 28.6 Å². The second-order valence-corrected chi connectivity index (χ2v) is 9.91. The molecule has 5 heteroatoms. The van der Waals surface area contributed by atoms with Crippen LogP contribution in [0.25, 0.3) is 0 Å². The number of rotatable bonds is 2. The molecule has 0 aliphatic heterocycles.